The fourth-order valence-corrected chi connectivity index (χ4v) is 5.18. The lowest BCUT2D eigenvalue weighted by molar-refractivity contribution is -0.140. The molecular formula is C24H27N3O5. The molecule has 8 nitrogen and oxygen atoms in total. The third-order valence-corrected chi connectivity index (χ3v) is 6.88. The fourth-order valence-electron chi connectivity index (χ4n) is 5.18. The van der Waals surface area contributed by atoms with E-state index in [9.17, 15) is 9.59 Å². The molecule has 1 spiro atoms. The number of anilines is 1. The van der Waals surface area contributed by atoms with E-state index in [0.717, 1.165) is 12.8 Å². The summed E-state index contributed by atoms with van der Waals surface area (Å²) in [4.78, 5) is 33.9. The molecule has 8 heteroatoms. The summed E-state index contributed by atoms with van der Waals surface area (Å²) in [7, 11) is 2.84. The average molecular weight is 437 g/mol. The maximum atomic E-state index is 13.5. The summed E-state index contributed by atoms with van der Waals surface area (Å²) >= 11 is 0. The SMILES string of the molecule is COC(=O)c1cnc(N2CCC3(CC2)O[C@@H]2CC[C@@H](c4ccccc4)N2C3=O)cc1OC. The van der Waals surface area contributed by atoms with Gasteiger partial charge < -0.3 is 24.0 Å². The van der Waals surface area contributed by atoms with Crippen molar-refractivity contribution in [2.45, 2.75) is 43.6 Å². The summed E-state index contributed by atoms with van der Waals surface area (Å²) in [6.07, 6.45) is 4.33. The zero-order chi connectivity index (χ0) is 22.3. The zero-order valence-electron chi connectivity index (χ0n) is 18.3. The third kappa shape index (κ3) is 3.30. The predicted molar refractivity (Wildman–Crippen MR) is 116 cm³/mol. The molecule has 0 unspecified atom stereocenters. The van der Waals surface area contributed by atoms with E-state index in [1.807, 2.05) is 23.1 Å². The van der Waals surface area contributed by atoms with Gasteiger partial charge >= 0.3 is 5.97 Å². The number of aromatic nitrogens is 1. The Morgan fingerprint density at radius 1 is 1.16 bits per heavy atom. The van der Waals surface area contributed by atoms with Gasteiger partial charge in [-0.25, -0.2) is 9.78 Å². The van der Waals surface area contributed by atoms with Crippen LogP contribution >= 0.6 is 0 Å². The molecule has 0 aliphatic carbocycles. The van der Waals surface area contributed by atoms with Gasteiger partial charge in [0.05, 0.1) is 20.3 Å². The van der Waals surface area contributed by atoms with Crippen LogP contribution < -0.4 is 9.64 Å². The molecule has 1 aromatic heterocycles. The molecule has 3 fully saturated rings. The van der Waals surface area contributed by atoms with E-state index in [0.29, 0.717) is 37.5 Å². The molecule has 0 saturated carbocycles. The average Bonchev–Trinajstić information content (AvgIpc) is 3.37. The Morgan fingerprint density at radius 2 is 1.91 bits per heavy atom. The lowest BCUT2D eigenvalue weighted by Gasteiger charge is -2.38. The molecule has 5 rings (SSSR count). The predicted octanol–water partition coefficient (Wildman–Crippen LogP) is 2.94. The number of fused-ring (bicyclic) bond motifs is 1. The van der Waals surface area contributed by atoms with Crippen LogP contribution in [0, 0.1) is 0 Å². The largest absolute Gasteiger partial charge is 0.496 e. The highest BCUT2D eigenvalue weighted by Crippen LogP contribution is 2.47. The monoisotopic (exact) mass is 437 g/mol. The number of nitrogens with zero attached hydrogens (tertiary/aromatic N) is 3. The topological polar surface area (TPSA) is 81.2 Å². The van der Waals surface area contributed by atoms with Gasteiger partial charge in [-0.1, -0.05) is 30.3 Å². The number of benzene rings is 1. The molecule has 168 valence electrons. The Hall–Kier alpha value is -3.13. The Bertz CT molecular complexity index is 1020. The van der Waals surface area contributed by atoms with Gasteiger partial charge in [0.25, 0.3) is 5.91 Å². The number of carbonyl (C=O) groups is 2. The molecule has 0 bridgehead atoms. The van der Waals surface area contributed by atoms with Gasteiger partial charge in [-0.3, -0.25) is 4.79 Å². The number of piperidine rings is 1. The van der Waals surface area contributed by atoms with E-state index >= 15 is 0 Å². The second-order valence-electron chi connectivity index (χ2n) is 8.50. The quantitative estimate of drug-likeness (QED) is 0.681. The summed E-state index contributed by atoms with van der Waals surface area (Å²) < 4.78 is 16.6. The van der Waals surface area contributed by atoms with E-state index in [4.69, 9.17) is 14.2 Å². The van der Waals surface area contributed by atoms with Crippen molar-refractivity contribution < 1.29 is 23.8 Å². The molecule has 3 aliphatic rings. The maximum absolute atomic E-state index is 13.5. The van der Waals surface area contributed by atoms with E-state index in [1.165, 1.54) is 26.0 Å². The van der Waals surface area contributed by atoms with Gasteiger partial charge in [0.15, 0.2) is 5.60 Å². The van der Waals surface area contributed by atoms with Crippen LogP contribution in [0.15, 0.2) is 42.6 Å². The Kier molecular flexibility index (Phi) is 5.25. The number of hydrogen-bond donors (Lipinski definition) is 0. The Labute approximate surface area is 187 Å². The van der Waals surface area contributed by atoms with E-state index in [1.54, 1.807) is 6.07 Å². The van der Waals surface area contributed by atoms with Crippen LogP contribution in [-0.2, 0) is 14.3 Å². The van der Waals surface area contributed by atoms with Crippen LogP contribution in [0.25, 0.3) is 0 Å². The van der Waals surface area contributed by atoms with Crippen molar-refractivity contribution in [2.75, 3.05) is 32.2 Å². The summed E-state index contributed by atoms with van der Waals surface area (Å²) in [6.45, 7) is 1.27. The van der Waals surface area contributed by atoms with Gasteiger partial charge in [-0.15, -0.1) is 0 Å². The molecule has 0 radical (unpaired) electrons. The van der Waals surface area contributed by atoms with Gasteiger partial charge in [0, 0.05) is 38.2 Å². The maximum Gasteiger partial charge on any atom is 0.343 e. The van der Waals surface area contributed by atoms with Crippen molar-refractivity contribution in [3.63, 3.8) is 0 Å². The first-order valence-corrected chi connectivity index (χ1v) is 11.0. The number of methoxy groups -OCH3 is 2. The molecule has 32 heavy (non-hydrogen) atoms. The summed E-state index contributed by atoms with van der Waals surface area (Å²) in [5.74, 6) is 0.747. The molecule has 3 aliphatic heterocycles. The minimum atomic E-state index is -0.759. The summed E-state index contributed by atoms with van der Waals surface area (Å²) in [5.41, 5.74) is 0.697. The van der Waals surface area contributed by atoms with Crippen molar-refractivity contribution in [3.05, 3.63) is 53.7 Å². The summed E-state index contributed by atoms with van der Waals surface area (Å²) in [5, 5.41) is 0. The molecule has 3 saturated heterocycles. The Morgan fingerprint density at radius 3 is 2.59 bits per heavy atom. The number of rotatable bonds is 4. The van der Waals surface area contributed by atoms with Crippen LogP contribution in [0.2, 0.25) is 0 Å². The fraction of sp³-hybridized carbons (Fsp3) is 0.458. The highest BCUT2D eigenvalue weighted by atomic mass is 16.6. The lowest BCUT2D eigenvalue weighted by atomic mass is 9.89. The van der Waals surface area contributed by atoms with E-state index < -0.39 is 11.6 Å². The first kappa shape index (κ1) is 20.8. The minimum absolute atomic E-state index is 0.0860. The van der Waals surface area contributed by atoms with Crippen LogP contribution in [0.1, 0.15) is 47.6 Å². The molecule has 2 atom stereocenters. The molecule has 1 amide bonds. The first-order chi connectivity index (χ1) is 15.6. The van der Waals surface area contributed by atoms with Crippen LogP contribution in [0.5, 0.6) is 5.75 Å². The molecule has 1 aromatic carbocycles. The van der Waals surface area contributed by atoms with E-state index in [2.05, 4.69) is 22.0 Å². The van der Waals surface area contributed by atoms with Gasteiger partial charge in [-0.05, 0) is 18.4 Å². The van der Waals surface area contributed by atoms with E-state index in [-0.39, 0.29) is 23.7 Å². The Balaban J connectivity index is 1.31. The lowest BCUT2D eigenvalue weighted by Crippen LogP contribution is -2.50. The van der Waals surface area contributed by atoms with Crippen LogP contribution in [0.3, 0.4) is 0 Å². The summed E-state index contributed by atoms with van der Waals surface area (Å²) in [6, 6.07) is 12.0. The second kappa shape index (κ2) is 8.09. The van der Waals surface area contributed by atoms with Crippen molar-refractivity contribution >= 4 is 17.7 Å². The highest BCUT2D eigenvalue weighted by molar-refractivity contribution is 5.92. The van der Waals surface area contributed by atoms with Crippen LogP contribution in [0.4, 0.5) is 5.82 Å². The molecule has 4 heterocycles. The smallest absolute Gasteiger partial charge is 0.343 e. The van der Waals surface area contributed by atoms with Crippen LogP contribution in [-0.4, -0.2) is 60.9 Å². The normalized spacial score (nSPS) is 24.0. The van der Waals surface area contributed by atoms with Crippen molar-refractivity contribution in [1.29, 1.82) is 0 Å². The minimum Gasteiger partial charge on any atom is -0.496 e. The second-order valence-corrected chi connectivity index (χ2v) is 8.50. The first-order valence-electron chi connectivity index (χ1n) is 11.0. The van der Waals surface area contributed by atoms with Crippen molar-refractivity contribution in [3.8, 4) is 5.75 Å². The number of amides is 1. The number of hydrogen-bond acceptors (Lipinski definition) is 7. The van der Waals surface area contributed by atoms with Gasteiger partial charge in [0.1, 0.15) is 23.4 Å². The molecular weight excluding hydrogens is 410 g/mol. The number of esters is 1. The number of ether oxygens (including phenoxy) is 3. The van der Waals surface area contributed by atoms with Gasteiger partial charge in [-0.2, -0.15) is 0 Å². The zero-order valence-corrected chi connectivity index (χ0v) is 18.3. The molecule has 2 aromatic rings. The van der Waals surface area contributed by atoms with Crippen molar-refractivity contribution in [2.24, 2.45) is 0 Å². The number of carbonyl (C=O) groups excluding carboxylic acids is 2. The van der Waals surface area contributed by atoms with Crippen molar-refractivity contribution in [1.82, 2.24) is 9.88 Å². The molecule has 0 N–H and O–H groups in total. The standard InChI is InChI=1S/C24H27N3O5/c1-30-19-14-20(25-15-17(19)22(28)31-2)26-12-10-24(11-13-26)23(29)27-18(8-9-21(27)32-24)16-6-4-3-5-7-16/h3-7,14-15,18,21H,8-13H2,1-2H3/t18-,21+/m0/s1. The number of pyridine rings is 1. The van der Waals surface area contributed by atoms with Gasteiger partial charge in [0.2, 0.25) is 0 Å². The highest BCUT2D eigenvalue weighted by Gasteiger charge is 2.58. The third-order valence-electron chi connectivity index (χ3n) is 6.88.